The molecular formula is C14H16N2O2S2. The van der Waals surface area contributed by atoms with Crippen molar-refractivity contribution in [2.24, 2.45) is 0 Å². The van der Waals surface area contributed by atoms with Gasteiger partial charge in [-0.15, -0.1) is 11.3 Å². The smallest absolute Gasteiger partial charge is 0.223 e. The Kier molecular flexibility index (Phi) is 4.24. The van der Waals surface area contributed by atoms with Crippen LogP contribution in [0.2, 0.25) is 0 Å². The van der Waals surface area contributed by atoms with Crippen LogP contribution in [0.3, 0.4) is 0 Å². The van der Waals surface area contributed by atoms with E-state index in [9.17, 15) is 9.90 Å². The zero-order chi connectivity index (χ0) is 13.9. The second-order valence-corrected chi connectivity index (χ2v) is 7.20. The van der Waals surface area contributed by atoms with Gasteiger partial charge in [-0.2, -0.15) is 0 Å². The number of thiazole rings is 1. The van der Waals surface area contributed by atoms with Crippen LogP contribution in [0.1, 0.15) is 12.8 Å². The van der Waals surface area contributed by atoms with Gasteiger partial charge in [0.1, 0.15) is 0 Å². The summed E-state index contributed by atoms with van der Waals surface area (Å²) >= 11 is 3.30. The van der Waals surface area contributed by atoms with Gasteiger partial charge >= 0.3 is 0 Å². The largest absolute Gasteiger partial charge is 0.391 e. The van der Waals surface area contributed by atoms with Crippen molar-refractivity contribution in [2.75, 3.05) is 18.8 Å². The average Bonchev–Trinajstić information content (AvgIpc) is 3.04. The first kappa shape index (κ1) is 13.9. The number of carbonyl (C=O) groups excluding carboxylic acids is 1. The van der Waals surface area contributed by atoms with Gasteiger partial charge < -0.3 is 10.0 Å². The van der Waals surface area contributed by atoms with E-state index in [2.05, 4.69) is 11.1 Å². The summed E-state index contributed by atoms with van der Waals surface area (Å²) in [6.45, 7) is 1.18. The maximum absolute atomic E-state index is 11.9. The number of thioether (sulfide) groups is 1. The van der Waals surface area contributed by atoms with E-state index in [1.54, 1.807) is 28.0 Å². The minimum atomic E-state index is -0.337. The number of hydrogen-bond acceptors (Lipinski definition) is 5. The molecule has 1 fully saturated rings. The van der Waals surface area contributed by atoms with Gasteiger partial charge in [-0.25, -0.2) is 4.98 Å². The van der Waals surface area contributed by atoms with E-state index in [0.29, 0.717) is 25.9 Å². The second-order valence-electron chi connectivity index (χ2n) is 4.83. The van der Waals surface area contributed by atoms with Gasteiger partial charge in [0.15, 0.2) is 4.34 Å². The fourth-order valence-corrected chi connectivity index (χ4v) is 4.33. The third-order valence-electron chi connectivity index (χ3n) is 3.33. The van der Waals surface area contributed by atoms with E-state index in [-0.39, 0.29) is 12.0 Å². The van der Waals surface area contributed by atoms with Gasteiger partial charge in [-0.1, -0.05) is 23.9 Å². The number of fused-ring (bicyclic) bond motifs is 1. The number of β-amino-alcohol motifs (C(OH)–C–C–N with tert-alkyl or cyclic N) is 1. The summed E-state index contributed by atoms with van der Waals surface area (Å²) < 4.78 is 2.20. The lowest BCUT2D eigenvalue weighted by molar-refractivity contribution is -0.130. The molecule has 0 bridgehead atoms. The minimum absolute atomic E-state index is 0.134. The van der Waals surface area contributed by atoms with Crippen LogP contribution in [0.25, 0.3) is 10.2 Å². The quantitative estimate of drug-likeness (QED) is 0.881. The highest BCUT2D eigenvalue weighted by Crippen LogP contribution is 2.29. The van der Waals surface area contributed by atoms with Crippen molar-refractivity contribution in [3.8, 4) is 0 Å². The highest BCUT2D eigenvalue weighted by atomic mass is 32.2. The van der Waals surface area contributed by atoms with Crippen molar-refractivity contribution in [3.63, 3.8) is 0 Å². The van der Waals surface area contributed by atoms with Gasteiger partial charge in [0.05, 0.1) is 16.3 Å². The highest BCUT2D eigenvalue weighted by molar-refractivity contribution is 8.01. The Morgan fingerprint density at radius 3 is 3.10 bits per heavy atom. The fourth-order valence-electron chi connectivity index (χ4n) is 2.26. The fraction of sp³-hybridized carbons (Fsp3) is 0.429. The number of carbonyl (C=O) groups is 1. The Bertz CT molecular complexity index is 581. The number of aliphatic hydroxyl groups is 1. The van der Waals surface area contributed by atoms with Crippen LogP contribution in [0, 0.1) is 0 Å². The summed E-state index contributed by atoms with van der Waals surface area (Å²) in [6, 6.07) is 8.07. The van der Waals surface area contributed by atoms with Crippen LogP contribution in [0.4, 0.5) is 0 Å². The maximum atomic E-state index is 11.9. The van der Waals surface area contributed by atoms with Gasteiger partial charge in [-0.3, -0.25) is 4.79 Å². The maximum Gasteiger partial charge on any atom is 0.223 e. The summed E-state index contributed by atoms with van der Waals surface area (Å²) in [6.07, 6.45) is 0.875. The lowest BCUT2D eigenvalue weighted by Crippen LogP contribution is -2.29. The van der Waals surface area contributed by atoms with Crippen LogP contribution < -0.4 is 0 Å². The van der Waals surface area contributed by atoms with Gasteiger partial charge in [0, 0.05) is 25.3 Å². The zero-order valence-electron chi connectivity index (χ0n) is 11.0. The number of nitrogens with zero attached hydrogens (tertiary/aromatic N) is 2. The molecule has 0 radical (unpaired) electrons. The first-order valence-electron chi connectivity index (χ1n) is 6.66. The van der Waals surface area contributed by atoms with Crippen molar-refractivity contribution in [2.45, 2.75) is 23.3 Å². The summed E-state index contributed by atoms with van der Waals surface area (Å²) in [5.41, 5.74) is 1.02. The Hall–Kier alpha value is -1.11. The number of likely N-dealkylation sites (tertiary alicyclic amines) is 1. The Morgan fingerprint density at radius 2 is 2.35 bits per heavy atom. The molecule has 20 heavy (non-hydrogen) atoms. The van der Waals surface area contributed by atoms with Crippen LogP contribution in [-0.4, -0.2) is 45.8 Å². The van der Waals surface area contributed by atoms with Crippen molar-refractivity contribution < 1.29 is 9.90 Å². The van der Waals surface area contributed by atoms with Crippen molar-refractivity contribution in [1.82, 2.24) is 9.88 Å². The predicted molar refractivity (Wildman–Crippen MR) is 82.2 cm³/mol. The molecule has 1 atom stereocenters. The molecule has 1 aromatic heterocycles. The van der Waals surface area contributed by atoms with Crippen LogP contribution in [0.15, 0.2) is 28.6 Å². The molecule has 1 aromatic carbocycles. The Labute approximate surface area is 125 Å². The molecule has 2 aromatic rings. The third-order valence-corrected chi connectivity index (χ3v) is 5.51. The predicted octanol–water partition coefficient (Wildman–Crippen LogP) is 2.37. The molecule has 0 saturated carbocycles. The van der Waals surface area contributed by atoms with Crippen LogP contribution >= 0.6 is 23.1 Å². The van der Waals surface area contributed by atoms with Crippen LogP contribution in [-0.2, 0) is 4.79 Å². The van der Waals surface area contributed by atoms with Crippen molar-refractivity contribution >= 4 is 39.2 Å². The number of rotatable bonds is 4. The van der Waals surface area contributed by atoms with Gasteiger partial charge in [0.2, 0.25) is 5.91 Å². The number of amides is 1. The normalized spacial score (nSPS) is 18.9. The first-order chi connectivity index (χ1) is 9.72. The van der Waals surface area contributed by atoms with Gasteiger partial charge in [0.25, 0.3) is 0 Å². The summed E-state index contributed by atoms with van der Waals surface area (Å²) in [5.74, 6) is 0.876. The molecule has 0 aliphatic carbocycles. The minimum Gasteiger partial charge on any atom is -0.391 e. The van der Waals surface area contributed by atoms with Crippen molar-refractivity contribution in [1.29, 1.82) is 0 Å². The van der Waals surface area contributed by atoms with E-state index >= 15 is 0 Å². The van der Waals surface area contributed by atoms with E-state index in [0.717, 1.165) is 15.6 Å². The van der Waals surface area contributed by atoms with Crippen LogP contribution in [0.5, 0.6) is 0 Å². The molecule has 2 heterocycles. The number of benzene rings is 1. The van der Waals surface area contributed by atoms with Crippen molar-refractivity contribution in [3.05, 3.63) is 24.3 Å². The average molecular weight is 308 g/mol. The van der Waals surface area contributed by atoms with E-state index < -0.39 is 0 Å². The van der Waals surface area contributed by atoms with E-state index in [1.165, 1.54) is 4.70 Å². The summed E-state index contributed by atoms with van der Waals surface area (Å²) in [4.78, 5) is 18.2. The monoisotopic (exact) mass is 308 g/mol. The Morgan fingerprint density at radius 1 is 1.50 bits per heavy atom. The molecule has 0 unspecified atom stereocenters. The summed E-state index contributed by atoms with van der Waals surface area (Å²) in [5, 5.41) is 9.43. The molecule has 1 aliphatic rings. The molecule has 4 nitrogen and oxygen atoms in total. The zero-order valence-corrected chi connectivity index (χ0v) is 12.6. The van der Waals surface area contributed by atoms with Gasteiger partial charge in [-0.05, 0) is 18.6 Å². The molecule has 3 rings (SSSR count). The summed E-state index contributed by atoms with van der Waals surface area (Å²) in [7, 11) is 0. The lowest BCUT2D eigenvalue weighted by atomic mass is 10.3. The number of aliphatic hydroxyl groups excluding tert-OH is 1. The van der Waals surface area contributed by atoms with E-state index in [4.69, 9.17) is 0 Å². The van der Waals surface area contributed by atoms with E-state index in [1.807, 2.05) is 18.2 Å². The SMILES string of the molecule is O=C(CCSc1nc2ccccc2s1)N1CC[C@@H](O)C1. The third kappa shape index (κ3) is 3.13. The molecule has 1 aliphatic heterocycles. The molecule has 106 valence electrons. The number of aromatic nitrogens is 1. The Balaban J connectivity index is 1.51. The molecule has 0 spiro atoms. The number of hydrogen-bond donors (Lipinski definition) is 1. The highest BCUT2D eigenvalue weighted by Gasteiger charge is 2.23. The topological polar surface area (TPSA) is 53.4 Å². The molecule has 1 saturated heterocycles. The second kappa shape index (κ2) is 6.11. The molecule has 6 heteroatoms. The first-order valence-corrected chi connectivity index (χ1v) is 8.47. The molecule has 1 N–H and O–H groups in total. The lowest BCUT2D eigenvalue weighted by Gasteiger charge is -2.14. The standard InChI is InChI=1S/C14H16N2O2S2/c17-10-5-7-16(9-10)13(18)6-8-19-14-15-11-3-1-2-4-12(11)20-14/h1-4,10,17H,5-9H2/t10-/m1/s1. The molecule has 1 amide bonds. The number of para-hydroxylation sites is 1. The molecular weight excluding hydrogens is 292 g/mol.